The van der Waals surface area contributed by atoms with Crippen LogP contribution in [0.5, 0.6) is 0 Å². The van der Waals surface area contributed by atoms with Gasteiger partial charge in [-0.25, -0.2) is 14.4 Å². The molecule has 56 valence electrons. The molecule has 10 heavy (non-hydrogen) atoms. The van der Waals surface area contributed by atoms with Crippen LogP contribution in [-0.2, 0) is 14.4 Å². The van der Waals surface area contributed by atoms with Crippen LogP contribution in [0.3, 0.4) is 0 Å². The maximum Gasteiger partial charge on any atom is 0.441 e. The van der Waals surface area contributed by atoms with Crippen LogP contribution < -0.4 is 11.2 Å². The van der Waals surface area contributed by atoms with E-state index in [0.717, 1.165) is 0 Å². The second kappa shape index (κ2) is 3.28. The third-order valence-corrected chi connectivity index (χ3v) is 0.419. The third-order valence-electron chi connectivity index (χ3n) is 0.419. The van der Waals surface area contributed by atoms with Gasteiger partial charge in [-0.3, -0.25) is 0 Å². The molecule has 0 saturated carbocycles. The predicted octanol–water partition coefficient (Wildman–Crippen LogP) is -1.80. The summed E-state index contributed by atoms with van der Waals surface area (Å²) >= 11 is 0. The molecular weight excluding hydrogens is 144 g/mol. The van der Waals surface area contributed by atoms with Gasteiger partial charge < -0.3 is 15.7 Å². The molecule has 0 aliphatic heterocycles. The average Bonchev–Trinajstić information content (AvgIpc) is 1.82. The maximum absolute atomic E-state index is 9.96. The molecule has 0 aromatic carbocycles. The number of carbonyl (C=O) groups is 3. The Morgan fingerprint density at radius 1 is 1.40 bits per heavy atom. The van der Waals surface area contributed by atoms with Crippen LogP contribution in [0, 0.1) is 0 Å². The minimum absolute atomic E-state index is 1.14. The fourth-order valence-electron chi connectivity index (χ4n) is 0.140. The van der Waals surface area contributed by atoms with Gasteiger partial charge >= 0.3 is 18.0 Å². The fraction of sp³-hybridized carbons (Fsp3) is 0. The van der Waals surface area contributed by atoms with Gasteiger partial charge in [0.25, 0.3) is 0 Å². The van der Waals surface area contributed by atoms with Gasteiger partial charge in [-0.1, -0.05) is 0 Å². The number of hydroxylamine groups is 1. The van der Waals surface area contributed by atoms with E-state index in [4.69, 9.17) is 5.11 Å². The Labute approximate surface area is 54.7 Å². The molecule has 0 rings (SSSR count). The number of aliphatic carboxylic acids is 1. The summed E-state index contributed by atoms with van der Waals surface area (Å²) in [6, 6.07) is -1.14. The number of hydrogen-bond acceptors (Lipinski definition) is 4. The molecular formula is C3H4N2O5. The first-order valence-electron chi connectivity index (χ1n) is 2.03. The molecule has 0 spiro atoms. The topological polar surface area (TPSA) is 119 Å². The number of nitrogens with two attached hydrogens (primary N) is 1. The fourth-order valence-corrected chi connectivity index (χ4v) is 0.140. The van der Waals surface area contributed by atoms with E-state index in [-0.39, 0.29) is 0 Å². The first-order chi connectivity index (χ1) is 4.54. The lowest BCUT2D eigenvalue weighted by Gasteiger charge is -1.96. The Kier molecular flexibility index (Phi) is 2.69. The quantitative estimate of drug-likeness (QED) is 0.276. The molecule has 0 aromatic rings. The van der Waals surface area contributed by atoms with E-state index in [1.807, 2.05) is 0 Å². The summed E-state index contributed by atoms with van der Waals surface area (Å²) in [5, 5.41) is 7.83. The molecule has 7 heteroatoms. The Morgan fingerprint density at radius 2 is 1.90 bits per heavy atom. The van der Waals surface area contributed by atoms with Crippen molar-refractivity contribution in [3.05, 3.63) is 0 Å². The van der Waals surface area contributed by atoms with Gasteiger partial charge in [-0.15, -0.1) is 0 Å². The number of urea groups is 1. The summed E-state index contributed by atoms with van der Waals surface area (Å²) in [5.41, 5.74) is 5.76. The van der Waals surface area contributed by atoms with Gasteiger partial charge in [-0.2, -0.15) is 5.48 Å². The smallest absolute Gasteiger partial charge is 0.441 e. The largest absolute Gasteiger partial charge is 0.473 e. The highest BCUT2D eigenvalue weighted by Crippen LogP contribution is 1.71. The molecule has 0 unspecified atom stereocenters. The molecule has 0 saturated heterocycles. The lowest BCUT2D eigenvalue weighted by Crippen LogP contribution is -2.34. The summed E-state index contributed by atoms with van der Waals surface area (Å²) < 4.78 is 0. The molecule has 0 aliphatic carbocycles. The lowest BCUT2D eigenvalue weighted by atomic mass is 10.7. The van der Waals surface area contributed by atoms with Crippen molar-refractivity contribution >= 4 is 18.0 Å². The maximum atomic E-state index is 9.96. The van der Waals surface area contributed by atoms with Crippen LogP contribution >= 0.6 is 0 Å². The lowest BCUT2D eigenvalue weighted by molar-refractivity contribution is -0.167. The standard InChI is InChI=1S/C3H4N2O5/c4-3(9)5-10-2(8)1(6)7/h(H,6,7)(H3,4,5,9). The molecule has 0 bridgehead atoms. The van der Waals surface area contributed by atoms with Crippen molar-refractivity contribution in [3.63, 3.8) is 0 Å². The van der Waals surface area contributed by atoms with E-state index in [9.17, 15) is 14.4 Å². The number of rotatable bonds is 0. The molecule has 4 N–H and O–H groups in total. The van der Waals surface area contributed by atoms with Crippen LogP contribution in [0.4, 0.5) is 4.79 Å². The number of primary amides is 1. The third kappa shape index (κ3) is 3.24. The summed E-state index contributed by atoms with van der Waals surface area (Å²) in [7, 11) is 0. The van der Waals surface area contributed by atoms with E-state index in [1.165, 1.54) is 5.48 Å². The van der Waals surface area contributed by atoms with Gasteiger partial charge in [0, 0.05) is 0 Å². The zero-order valence-electron chi connectivity index (χ0n) is 4.66. The first-order valence-corrected chi connectivity index (χ1v) is 2.03. The summed E-state index contributed by atoms with van der Waals surface area (Å²) in [4.78, 5) is 33.0. The van der Waals surface area contributed by atoms with Crippen LogP contribution in [0.25, 0.3) is 0 Å². The highest BCUT2D eigenvalue weighted by atomic mass is 16.7. The van der Waals surface area contributed by atoms with Crippen LogP contribution in [-0.4, -0.2) is 23.1 Å². The van der Waals surface area contributed by atoms with E-state index in [2.05, 4.69) is 10.6 Å². The van der Waals surface area contributed by atoms with Gasteiger partial charge in [0.15, 0.2) is 0 Å². The van der Waals surface area contributed by atoms with Crippen molar-refractivity contribution in [2.24, 2.45) is 5.73 Å². The Hall–Kier alpha value is -1.79. The molecule has 0 fully saturated rings. The molecule has 0 aliphatic rings. The molecule has 0 atom stereocenters. The van der Waals surface area contributed by atoms with Crippen molar-refractivity contribution in [2.45, 2.75) is 0 Å². The van der Waals surface area contributed by atoms with Crippen LogP contribution in [0.15, 0.2) is 0 Å². The molecule has 0 radical (unpaired) electrons. The second-order valence-corrected chi connectivity index (χ2v) is 1.16. The Balaban J connectivity index is 3.60. The van der Waals surface area contributed by atoms with Gasteiger partial charge in [0.1, 0.15) is 0 Å². The van der Waals surface area contributed by atoms with Crippen molar-refractivity contribution in [1.82, 2.24) is 5.48 Å². The van der Waals surface area contributed by atoms with Crippen molar-refractivity contribution < 1.29 is 24.3 Å². The molecule has 0 aromatic heterocycles. The van der Waals surface area contributed by atoms with Gasteiger partial charge in [0.05, 0.1) is 0 Å². The van der Waals surface area contributed by atoms with Crippen LogP contribution in [0.2, 0.25) is 0 Å². The van der Waals surface area contributed by atoms with Crippen LogP contribution in [0.1, 0.15) is 0 Å². The minimum atomic E-state index is -1.81. The molecule has 7 nitrogen and oxygen atoms in total. The average molecular weight is 148 g/mol. The highest BCUT2D eigenvalue weighted by Gasteiger charge is 2.13. The second-order valence-electron chi connectivity index (χ2n) is 1.16. The number of amides is 2. The highest BCUT2D eigenvalue weighted by molar-refractivity contribution is 6.28. The predicted molar refractivity (Wildman–Crippen MR) is 26.4 cm³/mol. The number of carbonyl (C=O) groups excluding carboxylic acids is 2. The summed E-state index contributed by atoms with van der Waals surface area (Å²) in [5.74, 6) is -3.41. The number of carboxylic acid groups (broad SMARTS) is 1. The summed E-state index contributed by atoms with van der Waals surface area (Å²) in [6.07, 6.45) is 0. The summed E-state index contributed by atoms with van der Waals surface area (Å²) in [6.45, 7) is 0. The normalized spacial score (nSPS) is 8.00. The Morgan fingerprint density at radius 3 is 2.20 bits per heavy atom. The molecule has 2 amide bonds. The van der Waals surface area contributed by atoms with Gasteiger partial charge in [-0.05, 0) is 0 Å². The van der Waals surface area contributed by atoms with Crippen molar-refractivity contribution in [3.8, 4) is 0 Å². The minimum Gasteiger partial charge on any atom is -0.473 e. The van der Waals surface area contributed by atoms with E-state index in [0.29, 0.717) is 0 Å². The van der Waals surface area contributed by atoms with E-state index < -0.39 is 18.0 Å². The molecule has 0 heterocycles. The number of carboxylic acids is 1. The SMILES string of the molecule is NC(=O)NOC(=O)C(=O)O. The Bertz CT molecular complexity index is 176. The first kappa shape index (κ1) is 8.21. The monoisotopic (exact) mass is 148 g/mol. The number of hydrogen-bond donors (Lipinski definition) is 3. The zero-order chi connectivity index (χ0) is 8.15. The van der Waals surface area contributed by atoms with E-state index >= 15 is 0 Å². The van der Waals surface area contributed by atoms with E-state index in [1.54, 1.807) is 0 Å². The zero-order valence-corrected chi connectivity index (χ0v) is 4.66. The van der Waals surface area contributed by atoms with Crippen molar-refractivity contribution in [1.29, 1.82) is 0 Å². The van der Waals surface area contributed by atoms with Gasteiger partial charge in [0.2, 0.25) is 0 Å². The van der Waals surface area contributed by atoms with Crippen molar-refractivity contribution in [2.75, 3.05) is 0 Å². The number of nitrogens with one attached hydrogen (secondary N) is 1.